The van der Waals surface area contributed by atoms with Gasteiger partial charge in [0.1, 0.15) is 11.2 Å². The molecule has 6 heteroatoms. The van der Waals surface area contributed by atoms with Crippen LogP contribution >= 0.6 is 27.7 Å². The standard InChI is InChI=1S/C13H16BrN3OS/c1-9(2)17-6-10(14)5-11(17)12(18)16-13(7-15)3-4-19-8-13/h5-6,9H,3-4,8H2,1-2H3,(H,16,18). The zero-order valence-corrected chi connectivity index (χ0v) is 13.3. The van der Waals surface area contributed by atoms with Gasteiger partial charge in [0.2, 0.25) is 0 Å². The van der Waals surface area contributed by atoms with Gasteiger partial charge in [0.25, 0.3) is 5.91 Å². The molecule has 1 aromatic heterocycles. The first kappa shape index (κ1) is 14.5. The quantitative estimate of drug-likeness (QED) is 0.919. The van der Waals surface area contributed by atoms with E-state index in [0.29, 0.717) is 17.9 Å². The molecular formula is C13H16BrN3OS. The number of carbonyl (C=O) groups is 1. The maximum atomic E-state index is 12.4. The number of nitriles is 1. The van der Waals surface area contributed by atoms with Gasteiger partial charge in [0, 0.05) is 22.5 Å². The number of carbonyl (C=O) groups excluding carboxylic acids is 1. The summed E-state index contributed by atoms with van der Waals surface area (Å²) in [5.74, 6) is 1.41. The number of thioether (sulfide) groups is 1. The highest BCUT2D eigenvalue weighted by Gasteiger charge is 2.36. The molecule has 0 aliphatic carbocycles. The van der Waals surface area contributed by atoms with Crippen LogP contribution in [-0.2, 0) is 0 Å². The van der Waals surface area contributed by atoms with Crippen LogP contribution in [0.5, 0.6) is 0 Å². The van der Waals surface area contributed by atoms with Crippen molar-refractivity contribution in [1.29, 1.82) is 5.26 Å². The molecule has 1 N–H and O–H groups in total. The highest BCUT2D eigenvalue weighted by molar-refractivity contribution is 9.10. The molecular weight excluding hydrogens is 326 g/mol. The molecule has 1 saturated heterocycles. The van der Waals surface area contributed by atoms with Crippen LogP contribution < -0.4 is 5.32 Å². The average molecular weight is 342 g/mol. The fourth-order valence-electron chi connectivity index (χ4n) is 2.12. The van der Waals surface area contributed by atoms with E-state index in [0.717, 1.165) is 10.2 Å². The first-order valence-corrected chi connectivity index (χ1v) is 8.11. The summed E-state index contributed by atoms with van der Waals surface area (Å²) < 4.78 is 2.78. The van der Waals surface area contributed by atoms with E-state index in [9.17, 15) is 10.1 Å². The Balaban J connectivity index is 2.23. The molecule has 1 unspecified atom stereocenters. The summed E-state index contributed by atoms with van der Waals surface area (Å²) in [5.41, 5.74) is -0.117. The minimum Gasteiger partial charge on any atom is -0.340 e. The van der Waals surface area contributed by atoms with E-state index >= 15 is 0 Å². The van der Waals surface area contributed by atoms with E-state index in [1.807, 2.05) is 24.6 Å². The van der Waals surface area contributed by atoms with Crippen molar-refractivity contribution in [3.05, 3.63) is 22.4 Å². The van der Waals surface area contributed by atoms with E-state index in [-0.39, 0.29) is 11.9 Å². The molecule has 0 bridgehead atoms. The Hall–Kier alpha value is -0.930. The van der Waals surface area contributed by atoms with Crippen LogP contribution in [0.4, 0.5) is 0 Å². The van der Waals surface area contributed by atoms with Gasteiger partial charge < -0.3 is 9.88 Å². The van der Waals surface area contributed by atoms with Gasteiger partial charge in [-0.2, -0.15) is 17.0 Å². The first-order valence-electron chi connectivity index (χ1n) is 6.16. The molecule has 1 amide bonds. The molecule has 1 aliphatic heterocycles. The minimum absolute atomic E-state index is 0.177. The monoisotopic (exact) mass is 341 g/mol. The normalized spacial score (nSPS) is 22.5. The van der Waals surface area contributed by atoms with E-state index in [2.05, 4.69) is 27.3 Å². The molecule has 1 aliphatic rings. The lowest BCUT2D eigenvalue weighted by Crippen LogP contribution is -2.48. The van der Waals surface area contributed by atoms with Gasteiger partial charge in [-0.1, -0.05) is 0 Å². The lowest BCUT2D eigenvalue weighted by molar-refractivity contribution is 0.0915. The Kier molecular flexibility index (Phi) is 4.26. The zero-order valence-electron chi connectivity index (χ0n) is 10.9. The van der Waals surface area contributed by atoms with Crippen LogP contribution in [0.1, 0.15) is 36.8 Å². The van der Waals surface area contributed by atoms with Crippen LogP contribution in [0.3, 0.4) is 0 Å². The summed E-state index contributed by atoms with van der Waals surface area (Å²) in [6, 6.07) is 4.25. The number of amides is 1. The van der Waals surface area contributed by atoms with Gasteiger partial charge in [-0.25, -0.2) is 0 Å². The fourth-order valence-corrected chi connectivity index (χ4v) is 3.82. The predicted molar refractivity (Wildman–Crippen MR) is 80.3 cm³/mol. The molecule has 1 aromatic rings. The van der Waals surface area contributed by atoms with Crippen LogP contribution in [0, 0.1) is 11.3 Å². The Morgan fingerprint density at radius 1 is 1.68 bits per heavy atom. The van der Waals surface area contributed by atoms with Crippen molar-refractivity contribution >= 4 is 33.6 Å². The summed E-state index contributed by atoms with van der Waals surface area (Å²) in [4.78, 5) is 12.4. The molecule has 102 valence electrons. The molecule has 2 rings (SSSR count). The van der Waals surface area contributed by atoms with E-state index < -0.39 is 5.54 Å². The van der Waals surface area contributed by atoms with E-state index in [1.54, 1.807) is 17.8 Å². The second-order valence-corrected chi connectivity index (χ2v) is 7.02. The second-order valence-electron chi connectivity index (χ2n) is 5.00. The number of halogens is 1. The number of nitrogens with one attached hydrogen (secondary N) is 1. The number of aromatic nitrogens is 1. The molecule has 2 heterocycles. The summed E-state index contributed by atoms with van der Waals surface area (Å²) in [7, 11) is 0. The predicted octanol–water partition coefficient (Wildman–Crippen LogP) is 2.96. The van der Waals surface area contributed by atoms with Crippen LogP contribution in [-0.4, -0.2) is 27.5 Å². The average Bonchev–Trinajstić information content (AvgIpc) is 2.96. The molecule has 4 nitrogen and oxygen atoms in total. The first-order chi connectivity index (χ1) is 8.97. The Morgan fingerprint density at radius 2 is 2.42 bits per heavy atom. The van der Waals surface area contributed by atoms with Crippen molar-refractivity contribution in [1.82, 2.24) is 9.88 Å². The molecule has 0 radical (unpaired) electrons. The SMILES string of the molecule is CC(C)n1cc(Br)cc1C(=O)NC1(C#N)CCSC1. The third kappa shape index (κ3) is 2.98. The molecule has 0 aromatic carbocycles. The molecule has 1 atom stereocenters. The van der Waals surface area contributed by atoms with Gasteiger partial charge in [-0.15, -0.1) is 0 Å². The van der Waals surface area contributed by atoms with Crippen LogP contribution in [0.2, 0.25) is 0 Å². The van der Waals surface area contributed by atoms with Crippen molar-refractivity contribution in [2.75, 3.05) is 11.5 Å². The lowest BCUT2D eigenvalue weighted by atomic mass is 10.0. The van der Waals surface area contributed by atoms with Gasteiger partial charge in [-0.3, -0.25) is 4.79 Å². The van der Waals surface area contributed by atoms with Gasteiger partial charge in [-0.05, 0) is 48.0 Å². The fraction of sp³-hybridized carbons (Fsp3) is 0.538. The number of hydrogen-bond donors (Lipinski definition) is 1. The maximum Gasteiger partial charge on any atom is 0.269 e. The Morgan fingerprint density at radius 3 is 2.95 bits per heavy atom. The van der Waals surface area contributed by atoms with Crippen molar-refractivity contribution in [2.45, 2.75) is 31.8 Å². The van der Waals surface area contributed by atoms with Gasteiger partial charge >= 0.3 is 0 Å². The number of rotatable bonds is 3. The third-order valence-corrected chi connectivity index (χ3v) is 4.82. The maximum absolute atomic E-state index is 12.4. The third-order valence-electron chi connectivity index (χ3n) is 3.19. The largest absolute Gasteiger partial charge is 0.340 e. The van der Waals surface area contributed by atoms with Crippen molar-refractivity contribution in [3.8, 4) is 6.07 Å². The lowest BCUT2D eigenvalue weighted by Gasteiger charge is -2.22. The van der Waals surface area contributed by atoms with Crippen LogP contribution in [0.25, 0.3) is 0 Å². The molecule has 1 fully saturated rings. The molecule has 19 heavy (non-hydrogen) atoms. The van der Waals surface area contributed by atoms with Crippen molar-refractivity contribution in [2.24, 2.45) is 0 Å². The van der Waals surface area contributed by atoms with Gasteiger partial charge in [0.05, 0.1) is 6.07 Å². The van der Waals surface area contributed by atoms with Crippen LogP contribution in [0.15, 0.2) is 16.7 Å². The van der Waals surface area contributed by atoms with Crippen molar-refractivity contribution < 1.29 is 4.79 Å². The number of nitrogens with zero attached hydrogens (tertiary/aromatic N) is 2. The second kappa shape index (κ2) is 5.59. The van der Waals surface area contributed by atoms with E-state index in [4.69, 9.17) is 0 Å². The Bertz CT molecular complexity index is 526. The van der Waals surface area contributed by atoms with Gasteiger partial charge in [0.15, 0.2) is 0 Å². The highest BCUT2D eigenvalue weighted by Crippen LogP contribution is 2.28. The smallest absolute Gasteiger partial charge is 0.269 e. The zero-order chi connectivity index (χ0) is 14.0. The summed E-state index contributed by atoms with van der Waals surface area (Å²) >= 11 is 5.10. The minimum atomic E-state index is -0.708. The molecule has 0 spiro atoms. The summed E-state index contributed by atoms with van der Waals surface area (Å²) in [6.45, 7) is 4.05. The summed E-state index contributed by atoms with van der Waals surface area (Å²) in [5, 5.41) is 12.2. The number of hydrogen-bond acceptors (Lipinski definition) is 3. The molecule has 0 saturated carbocycles. The Labute approximate surface area is 125 Å². The summed E-state index contributed by atoms with van der Waals surface area (Å²) in [6.07, 6.45) is 2.60. The topological polar surface area (TPSA) is 57.8 Å². The van der Waals surface area contributed by atoms with Crippen molar-refractivity contribution in [3.63, 3.8) is 0 Å². The van der Waals surface area contributed by atoms with E-state index in [1.165, 1.54) is 0 Å². The highest BCUT2D eigenvalue weighted by atomic mass is 79.9.